The minimum atomic E-state index is -0.265. The van der Waals surface area contributed by atoms with Crippen molar-refractivity contribution in [2.45, 2.75) is 13.0 Å². The molecule has 0 bridgehead atoms. The summed E-state index contributed by atoms with van der Waals surface area (Å²) in [5.74, 6) is -0.187. The second kappa shape index (κ2) is 8.66. The second-order valence-electron chi connectivity index (χ2n) is 6.40. The summed E-state index contributed by atoms with van der Waals surface area (Å²) in [4.78, 5) is 36.1. The molecule has 2 heterocycles. The third kappa shape index (κ3) is 4.67. The van der Waals surface area contributed by atoms with E-state index in [-0.39, 0.29) is 17.6 Å². The van der Waals surface area contributed by atoms with Crippen LogP contribution < -0.4 is 10.6 Å². The van der Waals surface area contributed by atoms with Gasteiger partial charge in [-0.15, -0.1) is 11.3 Å². The van der Waals surface area contributed by atoms with Crippen molar-refractivity contribution in [3.8, 4) is 0 Å². The van der Waals surface area contributed by atoms with Gasteiger partial charge in [0.2, 0.25) is 0 Å². The summed E-state index contributed by atoms with van der Waals surface area (Å²) in [6.07, 6.45) is 0.544. The molecule has 0 saturated heterocycles. The molecule has 0 spiro atoms. The fraction of sp³-hybridized carbons (Fsp3) is 0.143. The van der Waals surface area contributed by atoms with Gasteiger partial charge in [-0.2, -0.15) is 0 Å². The number of nitrogens with one attached hydrogen (secondary N) is 3. The Bertz CT molecular complexity index is 1100. The molecule has 0 saturated carbocycles. The first-order valence-corrected chi connectivity index (χ1v) is 10.1. The number of H-pyrrole nitrogens is 1. The number of benzene rings is 2. The third-order valence-corrected chi connectivity index (χ3v) is 5.22. The standard InChI is InChI=1S/C21H19N5O2S/c27-20(23-12-14-6-2-1-3-7-14)17-13-29-18(24-17)10-11-22-21(28)19-25-15-8-4-5-9-16(15)26-19/h1-9,13H,10-12H2,(H,22,28)(H,23,27)(H,25,26). The van der Waals surface area contributed by atoms with Crippen LogP contribution in [0.3, 0.4) is 0 Å². The Morgan fingerprint density at radius 1 is 0.931 bits per heavy atom. The van der Waals surface area contributed by atoms with E-state index in [1.807, 2.05) is 54.6 Å². The molecule has 7 nitrogen and oxygen atoms in total. The Kier molecular flexibility index (Phi) is 5.62. The van der Waals surface area contributed by atoms with E-state index in [0.29, 0.717) is 25.2 Å². The number of rotatable bonds is 7. The van der Waals surface area contributed by atoms with Crippen molar-refractivity contribution in [1.82, 2.24) is 25.6 Å². The van der Waals surface area contributed by atoms with Gasteiger partial charge in [0.15, 0.2) is 5.82 Å². The molecular formula is C21H19N5O2S. The number of para-hydroxylation sites is 2. The van der Waals surface area contributed by atoms with Gasteiger partial charge in [0.25, 0.3) is 11.8 Å². The number of aromatic amines is 1. The van der Waals surface area contributed by atoms with Gasteiger partial charge >= 0.3 is 0 Å². The summed E-state index contributed by atoms with van der Waals surface area (Å²) in [7, 11) is 0. The molecule has 0 aliphatic carbocycles. The highest BCUT2D eigenvalue weighted by atomic mass is 32.1. The molecule has 2 aromatic heterocycles. The molecule has 2 aromatic carbocycles. The van der Waals surface area contributed by atoms with Crippen LogP contribution in [0.5, 0.6) is 0 Å². The van der Waals surface area contributed by atoms with E-state index in [4.69, 9.17) is 0 Å². The topological polar surface area (TPSA) is 99.8 Å². The Labute approximate surface area is 171 Å². The van der Waals surface area contributed by atoms with Crippen molar-refractivity contribution < 1.29 is 9.59 Å². The van der Waals surface area contributed by atoms with Gasteiger partial charge in [0.1, 0.15) is 5.69 Å². The van der Waals surface area contributed by atoms with E-state index >= 15 is 0 Å². The molecule has 0 radical (unpaired) electrons. The minimum absolute atomic E-state index is 0.206. The first-order chi connectivity index (χ1) is 14.2. The lowest BCUT2D eigenvalue weighted by Crippen LogP contribution is -2.26. The van der Waals surface area contributed by atoms with Crippen molar-refractivity contribution in [3.05, 3.63) is 82.1 Å². The van der Waals surface area contributed by atoms with Crippen LogP contribution in [0.4, 0.5) is 0 Å². The zero-order valence-corrected chi connectivity index (χ0v) is 16.3. The zero-order chi connectivity index (χ0) is 20.1. The molecule has 0 aliphatic heterocycles. The minimum Gasteiger partial charge on any atom is -0.349 e. The number of thiazole rings is 1. The van der Waals surface area contributed by atoms with E-state index in [0.717, 1.165) is 21.6 Å². The zero-order valence-electron chi connectivity index (χ0n) is 15.5. The quantitative estimate of drug-likeness (QED) is 0.440. The SMILES string of the molecule is O=C(NCc1ccccc1)c1csc(CCNC(=O)c2nc3ccccc3[nH]2)n1. The Morgan fingerprint density at radius 2 is 1.72 bits per heavy atom. The number of imidazole rings is 1. The lowest BCUT2D eigenvalue weighted by atomic mass is 10.2. The van der Waals surface area contributed by atoms with Crippen molar-refractivity contribution in [3.63, 3.8) is 0 Å². The molecule has 29 heavy (non-hydrogen) atoms. The van der Waals surface area contributed by atoms with Crippen molar-refractivity contribution in [2.75, 3.05) is 6.54 Å². The number of hydrogen-bond acceptors (Lipinski definition) is 5. The van der Waals surface area contributed by atoms with Gasteiger partial charge in [-0.25, -0.2) is 9.97 Å². The van der Waals surface area contributed by atoms with Crippen LogP contribution in [0.15, 0.2) is 60.0 Å². The van der Waals surface area contributed by atoms with Crippen LogP contribution in [0, 0.1) is 0 Å². The van der Waals surface area contributed by atoms with Crippen LogP contribution in [0.25, 0.3) is 11.0 Å². The predicted octanol–water partition coefficient (Wildman–Crippen LogP) is 2.92. The Morgan fingerprint density at radius 3 is 2.55 bits per heavy atom. The monoisotopic (exact) mass is 405 g/mol. The molecule has 8 heteroatoms. The van der Waals surface area contributed by atoms with E-state index in [9.17, 15) is 9.59 Å². The largest absolute Gasteiger partial charge is 0.349 e. The lowest BCUT2D eigenvalue weighted by Gasteiger charge is -2.03. The van der Waals surface area contributed by atoms with Crippen LogP contribution in [-0.4, -0.2) is 33.3 Å². The number of fused-ring (bicyclic) bond motifs is 1. The molecule has 0 aliphatic rings. The molecule has 0 atom stereocenters. The number of aromatic nitrogens is 3. The van der Waals surface area contributed by atoms with Gasteiger partial charge < -0.3 is 15.6 Å². The molecule has 0 unspecified atom stereocenters. The van der Waals surface area contributed by atoms with Crippen LogP contribution in [0.1, 0.15) is 31.7 Å². The molecule has 4 aromatic rings. The fourth-order valence-electron chi connectivity index (χ4n) is 2.83. The first-order valence-electron chi connectivity index (χ1n) is 9.18. The summed E-state index contributed by atoms with van der Waals surface area (Å²) >= 11 is 1.40. The maximum Gasteiger partial charge on any atom is 0.287 e. The first kappa shape index (κ1) is 18.8. The van der Waals surface area contributed by atoms with Gasteiger partial charge in [-0.05, 0) is 17.7 Å². The smallest absolute Gasteiger partial charge is 0.287 e. The van der Waals surface area contributed by atoms with Crippen molar-refractivity contribution in [1.29, 1.82) is 0 Å². The normalized spacial score (nSPS) is 10.8. The summed E-state index contributed by atoms with van der Waals surface area (Å²) in [6.45, 7) is 0.870. The summed E-state index contributed by atoms with van der Waals surface area (Å²) in [5.41, 5.74) is 3.00. The average molecular weight is 405 g/mol. The maximum atomic E-state index is 12.3. The van der Waals surface area contributed by atoms with E-state index in [1.54, 1.807) is 5.38 Å². The van der Waals surface area contributed by atoms with E-state index in [1.165, 1.54) is 11.3 Å². The molecule has 0 fully saturated rings. The highest BCUT2D eigenvalue weighted by Crippen LogP contribution is 2.12. The summed E-state index contributed by atoms with van der Waals surface area (Å²) < 4.78 is 0. The Hall–Kier alpha value is -3.52. The van der Waals surface area contributed by atoms with Gasteiger partial charge in [0, 0.05) is 24.9 Å². The Balaban J connectivity index is 1.26. The molecular weight excluding hydrogens is 386 g/mol. The molecule has 4 rings (SSSR count). The molecule has 3 N–H and O–H groups in total. The average Bonchev–Trinajstić information content (AvgIpc) is 3.40. The molecule has 146 valence electrons. The third-order valence-electron chi connectivity index (χ3n) is 4.31. The number of hydrogen-bond donors (Lipinski definition) is 3. The molecule has 2 amide bonds. The van der Waals surface area contributed by atoms with Gasteiger partial charge in [-0.3, -0.25) is 9.59 Å². The second-order valence-corrected chi connectivity index (χ2v) is 7.35. The maximum absolute atomic E-state index is 12.3. The van der Waals surface area contributed by atoms with Crippen molar-refractivity contribution >= 4 is 34.2 Å². The summed E-state index contributed by atoms with van der Waals surface area (Å²) in [5, 5.41) is 8.21. The van der Waals surface area contributed by atoms with Gasteiger partial charge in [0.05, 0.1) is 16.0 Å². The van der Waals surface area contributed by atoms with Crippen LogP contribution in [-0.2, 0) is 13.0 Å². The van der Waals surface area contributed by atoms with Crippen molar-refractivity contribution in [2.24, 2.45) is 0 Å². The number of carbonyl (C=O) groups excluding carboxylic acids is 2. The highest BCUT2D eigenvalue weighted by Gasteiger charge is 2.13. The van der Waals surface area contributed by atoms with Gasteiger partial charge in [-0.1, -0.05) is 42.5 Å². The summed E-state index contributed by atoms with van der Waals surface area (Å²) in [6, 6.07) is 17.2. The number of amides is 2. The predicted molar refractivity (Wildman–Crippen MR) is 112 cm³/mol. The number of carbonyl (C=O) groups is 2. The van der Waals surface area contributed by atoms with E-state index < -0.39 is 0 Å². The van der Waals surface area contributed by atoms with E-state index in [2.05, 4.69) is 25.6 Å². The lowest BCUT2D eigenvalue weighted by molar-refractivity contribution is 0.0936. The highest BCUT2D eigenvalue weighted by molar-refractivity contribution is 7.09. The van der Waals surface area contributed by atoms with Crippen LogP contribution >= 0.6 is 11.3 Å². The fourth-order valence-corrected chi connectivity index (χ4v) is 3.60. The number of nitrogens with zero attached hydrogens (tertiary/aromatic N) is 2. The van der Waals surface area contributed by atoms with Crippen LogP contribution in [0.2, 0.25) is 0 Å².